The Morgan fingerprint density at radius 2 is 1.79 bits per heavy atom. The molecule has 9 nitrogen and oxygen atoms in total. The molecule has 42 heavy (non-hydrogen) atoms. The van der Waals surface area contributed by atoms with Crippen molar-refractivity contribution < 1.29 is 14.3 Å². The van der Waals surface area contributed by atoms with Gasteiger partial charge >= 0.3 is 0 Å². The van der Waals surface area contributed by atoms with Crippen LogP contribution in [0.5, 0.6) is 5.75 Å². The maximum atomic E-state index is 14.2. The van der Waals surface area contributed by atoms with Gasteiger partial charge in [0.05, 0.1) is 29.6 Å². The third-order valence-electron chi connectivity index (χ3n) is 7.98. The van der Waals surface area contributed by atoms with Gasteiger partial charge in [-0.3, -0.25) is 14.6 Å². The number of hydrogen-bond donors (Lipinski definition) is 2. The topological polar surface area (TPSA) is 115 Å². The molecule has 3 N–H and O–H groups in total. The molecule has 0 radical (unpaired) electrons. The predicted molar refractivity (Wildman–Crippen MR) is 163 cm³/mol. The summed E-state index contributed by atoms with van der Waals surface area (Å²) in [4.78, 5) is 32.2. The molecule has 4 aromatic rings. The van der Waals surface area contributed by atoms with Crippen molar-refractivity contribution in [3.63, 3.8) is 0 Å². The standard InChI is InChI=1S/C31H30Cl2N6O3/c1-31(2)16-35-6-7-38(31)30(41)27-23-5-4-17-9-26(42-3)24(18-8-19(29(34)40)15-36-14-18)13-25(17)28(23)39(37-27)22-11-20(32)10-21(33)12-22/h8-15,35H,4-7,16H2,1-3H3,(H2,34,40). The summed E-state index contributed by atoms with van der Waals surface area (Å²) in [5.41, 5.74) is 11.5. The van der Waals surface area contributed by atoms with E-state index >= 15 is 0 Å². The van der Waals surface area contributed by atoms with Gasteiger partial charge in [0.2, 0.25) is 5.91 Å². The van der Waals surface area contributed by atoms with Gasteiger partial charge in [0, 0.05) is 64.3 Å². The summed E-state index contributed by atoms with van der Waals surface area (Å²) in [5.74, 6) is -0.0463. The maximum Gasteiger partial charge on any atom is 0.275 e. The van der Waals surface area contributed by atoms with Crippen LogP contribution in [-0.2, 0) is 12.8 Å². The zero-order valence-corrected chi connectivity index (χ0v) is 25.0. The lowest BCUT2D eigenvalue weighted by atomic mass is 9.86. The van der Waals surface area contributed by atoms with E-state index in [1.807, 2.05) is 17.0 Å². The highest BCUT2D eigenvalue weighted by Crippen LogP contribution is 2.43. The summed E-state index contributed by atoms with van der Waals surface area (Å²) < 4.78 is 7.54. The van der Waals surface area contributed by atoms with Crippen molar-refractivity contribution in [2.75, 3.05) is 26.7 Å². The minimum atomic E-state index is -0.571. The second-order valence-electron chi connectivity index (χ2n) is 11.2. The van der Waals surface area contributed by atoms with Gasteiger partial charge < -0.3 is 20.7 Å². The Kier molecular flexibility index (Phi) is 7.21. The van der Waals surface area contributed by atoms with Crippen LogP contribution in [0.25, 0.3) is 28.1 Å². The number of ether oxygens (including phenoxy) is 1. The molecule has 0 unspecified atom stereocenters. The SMILES string of the molecule is COc1cc2c(cc1-c1cncc(C(N)=O)c1)-c1c(c(C(=O)N3CCNCC3(C)C)nn1-c1cc(Cl)cc(Cl)c1)CC2. The number of aromatic nitrogens is 3. The average Bonchev–Trinajstić information content (AvgIpc) is 3.36. The minimum absolute atomic E-state index is 0.111. The molecular formula is C31H30Cl2N6O3. The number of benzene rings is 2. The van der Waals surface area contributed by atoms with Crippen LogP contribution in [0, 0.1) is 0 Å². The van der Waals surface area contributed by atoms with Crippen LogP contribution in [0.1, 0.15) is 45.8 Å². The Labute approximate surface area is 253 Å². The summed E-state index contributed by atoms with van der Waals surface area (Å²) in [6.45, 7) is 6.10. The summed E-state index contributed by atoms with van der Waals surface area (Å²) in [6, 6.07) is 10.9. The third-order valence-corrected chi connectivity index (χ3v) is 8.42. The molecule has 0 bridgehead atoms. The van der Waals surface area contributed by atoms with Crippen LogP contribution >= 0.6 is 23.2 Å². The number of amides is 2. The Morgan fingerprint density at radius 1 is 1.02 bits per heavy atom. The molecule has 11 heteroatoms. The number of nitrogens with two attached hydrogens (primary N) is 1. The number of fused-ring (bicyclic) bond motifs is 3. The molecule has 2 aliphatic rings. The van der Waals surface area contributed by atoms with Crippen LogP contribution in [0.15, 0.2) is 48.8 Å². The largest absolute Gasteiger partial charge is 0.496 e. The lowest BCUT2D eigenvalue weighted by molar-refractivity contribution is 0.0469. The predicted octanol–water partition coefficient (Wildman–Crippen LogP) is 4.94. The lowest BCUT2D eigenvalue weighted by Gasteiger charge is -2.42. The van der Waals surface area contributed by atoms with Gasteiger partial charge in [-0.05, 0) is 68.7 Å². The zero-order valence-electron chi connectivity index (χ0n) is 23.5. The molecule has 3 heterocycles. The Bertz CT molecular complexity index is 1730. The van der Waals surface area contributed by atoms with E-state index in [1.165, 1.54) is 6.20 Å². The first-order valence-corrected chi connectivity index (χ1v) is 14.4. The number of carbonyl (C=O) groups excluding carboxylic acids is 2. The summed E-state index contributed by atoms with van der Waals surface area (Å²) in [6.07, 6.45) is 4.40. The maximum absolute atomic E-state index is 14.2. The fraction of sp³-hybridized carbons (Fsp3) is 0.290. The second-order valence-corrected chi connectivity index (χ2v) is 12.1. The van der Waals surface area contributed by atoms with E-state index in [4.69, 9.17) is 38.8 Å². The second kappa shape index (κ2) is 10.7. The molecule has 1 saturated heterocycles. The quantitative estimate of drug-likeness (QED) is 0.333. The van der Waals surface area contributed by atoms with Gasteiger partial charge in [0.25, 0.3) is 5.91 Å². The molecular weight excluding hydrogens is 575 g/mol. The molecule has 0 saturated carbocycles. The van der Waals surface area contributed by atoms with Crippen LogP contribution < -0.4 is 15.8 Å². The number of nitrogens with one attached hydrogen (secondary N) is 1. The fourth-order valence-electron chi connectivity index (χ4n) is 5.90. The number of carbonyl (C=O) groups is 2. The van der Waals surface area contributed by atoms with Crippen LogP contribution in [0.2, 0.25) is 10.0 Å². The average molecular weight is 606 g/mol. The number of primary amides is 1. The van der Waals surface area contributed by atoms with Gasteiger partial charge in [0.1, 0.15) is 5.75 Å². The third kappa shape index (κ3) is 4.91. The molecule has 2 aromatic carbocycles. The van der Waals surface area contributed by atoms with Crippen molar-refractivity contribution in [3.05, 3.63) is 81.2 Å². The molecule has 0 spiro atoms. The minimum Gasteiger partial charge on any atom is -0.496 e. The molecule has 6 rings (SSSR count). The molecule has 1 aliphatic heterocycles. The molecule has 2 amide bonds. The van der Waals surface area contributed by atoms with Crippen LogP contribution in [-0.4, -0.2) is 63.8 Å². The van der Waals surface area contributed by atoms with E-state index in [-0.39, 0.29) is 17.0 Å². The van der Waals surface area contributed by atoms with Gasteiger partial charge in [0.15, 0.2) is 5.69 Å². The Morgan fingerprint density at radius 3 is 2.48 bits per heavy atom. The number of pyridine rings is 1. The van der Waals surface area contributed by atoms with Crippen LogP contribution in [0.3, 0.4) is 0 Å². The molecule has 0 atom stereocenters. The molecule has 1 aliphatic carbocycles. The highest BCUT2D eigenvalue weighted by atomic mass is 35.5. The van der Waals surface area contributed by atoms with E-state index in [9.17, 15) is 9.59 Å². The Hall–Kier alpha value is -3.92. The highest BCUT2D eigenvalue weighted by molar-refractivity contribution is 6.34. The van der Waals surface area contributed by atoms with Crippen molar-refractivity contribution in [2.45, 2.75) is 32.2 Å². The summed E-state index contributed by atoms with van der Waals surface area (Å²) >= 11 is 12.9. The number of aryl methyl sites for hydroxylation is 1. The fourth-order valence-corrected chi connectivity index (χ4v) is 6.41. The zero-order chi connectivity index (χ0) is 29.8. The van der Waals surface area contributed by atoms with E-state index in [2.05, 4.69) is 24.1 Å². The first-order valence-electron chi connectivity index (χ1n) is 13.6. The van der Waals surface area contributed by atoms with Crippen molar-refractivity contribution in [1.82, 2.24) is 25.0 Å². The smallest absolute Gasteiger partial charge is 0.275 e. The summed E-state index contributed by atoms with van der Waals surface area (Å²) in [7, 11) is 1.61. The van der Waals surface area contributed by atoms with Crippen molar-refractivity contribution in [2.24, 2.45) is 5.73 Å². The number of halogens is 2. The molecule has 216 valence electrons. The van der Waals surface area contributed by atoms with Gasteiger partial charge in [-0.25, -0.2) is 4.68 Å². The molecule has 2 aromatic heterocycles. The number of rotatable bonds is 5. The number of piperazine rings is 1. The van der Waals surface area contributed by atoms with E-state index < -0.39 is 5.91 Å². The van der Waals surface area contributed by atoms with E-state index in [0.29, 0.717) is 65.2 Å². The number of methoxy groups -OCH3 is 1. The van der Waals surface area contributed by atoms with Gasteiger partial charge in [-0.15, -0.1) is 0 Å². The van der Waals surface area contributed by atoms with E-state index in [0.717, 1.165) is 27.9 Å². The van der Waals surface area contributed by atoms with Crippen molar-refractivity contribution in [1.29, 1.82) is 0 Å². The Balaban J connectivity index is 1.59. The van der Waals surface area contributed by atoms with E-state index in [1.54, 1.807) is 42.3 Å². The monoisotopic (exact) mass is 604 g/mol. The number of nitrogens with zero attached hydrogens (tertiary/aromatic N) is 4. The van der Waals surface area contributed by atoms with Crippen LogP contribution in [0.4, 0.5) is 0 Å². The highest BCUT2D eigenvalue weighted by Gasteiger charge is 2.38. The lowest BCUT2D eigenvalue weighted by Crippen LogP contribution is -2.60. The van der Waals surface area contributed by atoms with Crippen molar-refractivity contribution in [3.8, 4) is 33.8 Å². The first kappa shape index (κ1) is 28.2. The molecule has 1 fully saturated rings. The van der Waals surface area contributed by atoms with Gasteiger partial charge in [-0.2, -0.15) is 5.10 Å². The first-order chi connectivity index (χ1) is 20.1. The van der Waals surface area contributed by atoms with Gasteiger partial charge in [-0.1, -0.05) is 23.2 Å². The normalized spacial score (nSPS) is 15.6. The van der Waals surface area contributed by atoms with Crippen molar-refractivity contribution >= 4 is 35.0 Å². The summed E-state index contributed by atoms with van der Waals surface area (Å²) in [5, 5.41) is 9.24. The number of hydrogen-bond acceptors (Lipinski definition) is 6.